The van der Waals surface area contributed by atoms with Crippen LogP contribution in [0.25, 0.3) is 0 Å². The fraction of sp³-hybridized carbons (Fsp3) is 0.435. The number of guanidine groups is 1. The molecular formula is C23H33IN4O2. The van der Waals surface area contributed by atoms with Gasteiger partial charge in [0.15, 0.2) is 5.96 Å². The molecule has 0 amide bonds. The first-order valence-corrected chi connectivity index (χ1v) is 10.3. The van der Waals surface area contributed by atoms with E-state index < -0.39 is 0 Å². The van der Waals surface area contributed by atoms with Crippen LogP contribution in [0.5, 0.6) is 5.75 Å². The van der Waals surface area contributed by atoms with Crippen LogP contribution < -0.4 is 15.4 Å². The van der Waals surface area contributed by atoms with Crippen LogP contribution in [0.15, 0.2) is 59.6 Å². The third-order valence-electron chi connectivity index (χ3n) is 4.81. The second kappa shape index (κ2) is 14.2. The third kappa shape index (κ3) is 8.89. The molecule has 0 aromatic heterocycles. The van der Waals surface area contributed by atoms with Crippen molar-refractivity contribution in [1.29, 1.82) is 0 Å². The van der Waals surface area contributed by atoms with E-state index in [1.807, 2.05) is 30.3 Å². The maximum Gasteiger partial charge on any atom is 0.191 e. The highest BCUT2D eigenvalue weighted by atomic mass is 127. The maximum absolute atomic E-state index is 5.71. The fourth-order valence-electron chi connectivity index (χ4n) is 3.25. The molecular weight excluding hydrogens is 491 g/mol. The Morgan fingerprint density at radius 2 is 1.80 bits per heavy atom. The van der Waals surface area contributed by atoms with Crippen LogP contribution in [0.3, 0.4) is 0 Å². The predicted molar refractivity (Wildman–Crippen MR) is 133 cm³/mol. The summed E-state index contributed by atoms with van der Waals surface area (Å²) in [7, 11) is 1.80. The van der Waals surface area contributed by atoms with Crippen molar-refractivity contribution in [2.24, 2.45) is 4.99 Å². The monoisotopic (exact) mass is 524 g/mol. The molecule has 0 aliphatic carbocycles. The average molecular weight is 524 g/mol. The molecule has 1 aliphatic rings. The summed E-state index contributed by atoms with van der Waals surface area (Å²) in [5, 5.41) is 6.73. The Bertz CT molecular complexity index is 752. The molecule has 0 radical (unpaired) electrons. The Labute approximate surface area is 197 Å². The maximum atomic E-state index is 5.71. The van der Waals surface area contributed by atoms with Crippen LogP contribution in [0.4, 0.5) is 0 Å². The number of rotatable bonds is 9. The summed E-state index contributed by atoms with van der Waals surface area (Å²) >= 11 is 0. The highest BCUT2D eigenvalue weighted by Gasteiger charge is 2.10. The molecule has 3 rings (SSSR count). The van der Waals surface area contributed by atoms with E-state index in [4.69, 9.17) is 9.47 Å². The number of hydrogen-bond acceptors (Lipinski definition) is 4. The van der Waals surface area contributed by atoms with E-state index in [0.29, 0.717) is 6.61 Å². The van der Waals surface area contributed by atoms with Gasteiger partial charge in [-0.2, -0.15) is 0 Å². The van der Waals surface area contributed by atoms with Gasteiger partial charge in [0.1, 0.15) is 5.75 Å². The lowest BCUT2D eigenvalue weighted by atomic mass is 10.1. The van der Waals surface area contributed by atoms with Gasteiger partial charge in [-0.05, 0) is 29.7 Å². The summed E-state index contributed by atoms with van der Waals surface area (Å²) in [6.45, 7) is 6.89. The van der Waals surface area contributed by atoms with Crippen LogP contribution in [-0.4, -0.2) is 57.4 Å². The van der Waals surface area contributed by atoms with Crippen molar-refractivity contribution in [3.63, 3.8) is 0 Å². The van der Waals surface area contributed by atoms with E-state index in [0.717, 1.165) is 64.1 Å². The topological polar surface area (TPSA) is 58.1 Å². The number of aliphatic imine (C=N–C) groups is 1. The number of ether oxygens (including phenoxy) is 2. The molecule has 30 heavy (non-hydrogen) atoms. The largest absolute Gasteiger partial charge is 0.494 e. The van der Waals surface area contributed by atoms with E-state index >= 15 is 0 Å². The Balaban J connectivity index is 0.00000320. The van der Waals surface area contributed by atoms with Crippen molar-refractivity contribution in [3.8, 4) is 5.75 Å². The molecule has 1 heterocycles. The molecule has 0 unspecified atom stereocenters. The van der Waals surface area contributed by atoms with Gasteiger partial charge < -0.3 is 20.1 Å². The van der Waals surface area contributed by atoms with Crippen LogP contribution >= 0.6 is 24.0 Å². The molecule has 6 nitrogen and oxygen atoms in total. The van der Waals surface area contributed by atoms with Gasteiger partial charge >= 0.3 is 0 Å². The van der Waals surface area contributed by atoms with E-state index in [1.165, 1.54) is 11.1 Å². The molecule has 7 heteroatoms. The van der Waals surface area contributed by atoms with Gasteiger partial charge in [0.05, 0.1) is 19.8 Å². The number of nitrogens with one attached hydrogen (secondary N) is 2. The van der Waals surface area contributed by atoms with Crippen LogP contribution in [0.1, 0.15) is 17.5 Å². The summed E-state index contributed by atoms with van der Waals surface area (Å²) in [5.41, 5.74) is 2.60. The minimum atomic E-state index is 0. The van der Waals surface area contributed by atoms with Crippen molar-refractivity contribution in [2.45, 2.75) is 19.5 Å². The Morgan fingerprint density at radius 1 is 1.03 bits per heavy atom. The van der Waals surface area contributed by atoms with Gasteiger partial charge in [-0.15, -0.1) is 24.0 Å². The second-order valence-corrected chi connectivity index (χ2v) is 7.08. The lowest BCUT2D eigenvalue weighted by Gasteiger charge is -2.26. The summed E-state index contributed by atoms with van der Waals surface area (Å²) in [6, 6.07) is 18.6. The molecule has 0 spiro atoms. The van der Waals surface area contributed by atoms with Crippen molar-refractivity contribution in [3.05, 3.63) is 65.7 Å². The minimum Gasteiger partial charge on any atom is -0.494 e. The Hall–Kier alpha value is -1.84. The third-order valence-corrected chi connectivity index (χ3v) is 4.81. The van der Waals surface area contributed by atoms with Gasteiger partial charge in [0, 0.05) is 39.8 Å². The van der Waals surface area contributed by atoms with Gasteiger partial charge in [-0.1, -0.05) is 42.5 Å². The lowest BCUT2D eigenvalue weighted by molar-refractivity contribution is 0.0342. The summed E-state index contributed by atoms with van der Waals surface area (Å²) < 4.78 is 11.1. The molecule has 1 fully saturated rings. The standard InChI is InChI=1S/C23H32N4O2.HI/c1-24-23(25-11-6-14-29-22-9-3-2-4-10-22)26-18-20-7-5-8-21(17-20)19-27-12-15-28-16-13-27;/h2-5,7-10,17H,6,11-16,18-19H2,1H3,(H2,24,25,26);1H. The zero-order valence-corrected chi connectivity index (χ0v) is 20.0. The predicted octanol–water partition coefficient (Wildman–Crippen LogP) is 3.27. The smallest absolute Gasteiger partial charge is 0.191 e. The highest BCUT2D eigenvalue weighted by Crippen LogP contribution is 2.10. The van der Waals surface area contributed by atoms with E-state index in [1.54, 1.807) is 7.05 Å². The fourth-order valence-corrected chi connectivity index (χ4v) is 3.25. The average Bonchev–Trinajstić information content (AvgIpc) is 2.77. The van der Waals surface area contributed by atoms with Crippen molar-refractivity contribution in [2.75, 3.05) is 46.5 Å². The number of nitrogens with zero attached hydrogens (tertiary/aromatic N) is 2. The first kappa shape index (κ1) is 24.4. The Kier molecular flexibility index (Phi) is 11.6. The first-order chi connectivity index (χ1) is 14.3. The van der Waals surface area contributed by atoms with Crippen molar-refractivity contribution >= 4 is 29.9 Å². The normalized spacial score (nSPS) is 14.6. The number of para-hydroxylation sites is 1. The summed E-state index contributed by atoms with van der Waals surface area (Å²) in [4.78, 5) is 6.74. The van der Waals surface area contributed by atoms with Crippen LogP contribution in [-0.2, 0) is 17.8 Å². The van der Waals surface area contributed by atoms with E-state index in [-0.39, 0.29) is 24.0 Å². The quantitative estimate of drug-likeness (QED) is 0.228. The van der Waals surface area contributed by atoms with Gasteiger partial charge in [0.25, 0.3) is 0 Å². The van der Waals surface area contributed by atoms with E-state index in [9.17, 15) is 0 Å². The van der Waals surface area contributed by atoms with Gasteiger partial charge in [-0.25, -0.2) is 0 Å². The molecule has 0 atom stereocenters. The number of halogens is 1. The first-order valence-electron chi connectivity index (χ1n) is 10.3. The molecule has 2 aromatic rings. The number of hydrogen-bond donors (Lipinski definition) is 2. The van der Waals surface area contributed by atoms with Crippen molar-refractivity contribution < 1.29 is 9.47 Å². The molecule has 2 aromatic carbocycles. The zero-order chi connectivity index (χ0) is 20.2. The molecule has 1 saturated heterocycles. The molecule has 0 saturated carbocycles. The minimum absolute atomic E-state index is 0. The van der Waals surface area contributed by atoms with Crippen LogP contribution in [0, 0.1) is 0 Å². The SMILES string of the molecule is CN=C(NCCCOc1ccccc1)NCc1cccc(CN2CCOCC2)c1.I. The van der Waals surface area contributed by atoms with Crippen LogP contribution in [0.2, 0.25) is 0 Å². The molecule has 164 valence electrons. The molecule has 0 bridgehead atoms. The van der Waals surface area contributed by atoms with E-state index in [2.05, 4.69) is 44.8 Å². The molecule has 1 aliphatic heterocycles. The van der Waals surface area contributed by atoms with Gasteiger partial charge in [-0.3, -0.25) is 9.89 Å². The second-order valence-electron chi connectivity index (χ2n) is 7.08. The summed E-state index contributed by atoms with van der Waals surface area (Å²) in [6.07, 6.45) is 0.907. The zero-order valence-electron chi connectivity index (χ0n) is 17.7. The summed E-state index contributed by atoms with van der Waals surface area (Å²) in [5.74, 6) is 1.72. The number of benzene rings is 2. The Morgan fingerprint density at radius 3 is 2.57 bits per heavy atom. The lowest BCUT2D eigenvalue weighted by Crippen LogP contribution is -2.37. The molecule has 2 N–H and O–H groups in total. The number of morpholine rings is 1. The highest BCUT2D eigenvalue weighted by molar-refractivity contribution is 14.0. The van der Waals surface area contributed by atoms with Crippen molar-refractivity contribution in [1.82, 2.24) is 15.5 Å². The van der Waals surface area contributed by atoms with Gasteiger partial charge in [0.2, 0.25) is 0 Å².